The molecular weight excluding hydrogens is 186 g/mol. The van der Waals surface area contributed by atoms with Gasteiger partial charge in [0.05, 0.1) is 0 Å². The van der Waals surface area contributed by atoms with E-state index in [-0.39, 0.29) is 0 Å². The smallest absolute Gasteiger partial charge is 0.123 e. The van der Waals surface area contributed by atoms with Crippen LogP contribution in [0.3, 0.4) is 0 Å². The predicted octanol–water partition coefficient (Wildman–Crippen LogP) is 2.55. The van der Waals surface area contributed by atoms with Crippen molar-refractivity contribution in [2.75, 3.05) is 13.1 Å². The molecule has 0 saturated carbocycles. The molecule has 2 nitrogen and oxygen atoms in total. The molecule has 1 fully saturated rings. The van der Waals surface area contributed by atoms with E-state index in [2.05, 4.69) is 43.4 Å². The summed E-state index contributed by atoms with van der Waals surface area (Å²) in [6.45, 7) is 6.43. The number of hydrogen-bond donors (Lipinski definition) is 1. The quantitative estimate of drug-likeness (QED) is 0.815. The Kier molecular flexibility index (Phi) is 3.27. The summed E-state index contributed by atoms with van der Waals surface area (Å²) in [5.41, 5.74) is 1.40. The summed E-state index contributed by atoms with van der Waals surface area (Å²) in [6, 6.07) is 8.52. The lowest BCUT2D eigenvalue weighted by atomic mass is 9.99. The van der Waals surface area contributed by atoms with E-state index in [1.165, 1.54) is 12.0 Å². The van der Waals surface area contributed by atoms with Gasteiger partial charge in [0.15, 0.2) is 0 Å². The third-order valence-corrected chi connectivity index (χ3v) is 3.11. The van der Waals surface area contributed by atoms with E-state index in [0.29, 0.717) is 12.0 Å². The summed E-state index contributed by atoms with van der Waals surface area (Å²) >= 11 is 0. The summed E-state index contributed by atoms with van der Waals surface area (Å²) in [5, 5.41) is 3.20. The Morgan fingerprint density at radius 1 is 1.33 bits per heavy atom. The Labute approximate surface area is 91.6 Å². The van der Waals surface area contributed by atoms with E-state index < -0.39 is 0 Å². The SMILES string of the molecule is CC[C@@H](C)c1ccc(OC2CNC2)cc1. The molecule has 1 aliphatic rings. The van der Waals surface area contributed by atoms with E-state index in [1.807, 2.05) is 0 Å². The second-order valence-corrected chi connectivity index (χ2v) is 4.28. The molecule has 0 amide bonds. The van der Waals surface area contributed by atoms with Crippen LogP contribution >= 0.6 is 0 Å². The largest absolute Gasteiger partial charge is 0.488 e. The van der Waals surface area contributed by atoms with Crippen LogP contribution in [0, 0.1) is 0 Å². The van der Waals surface area contributed by atoms with E-state index in [9.17, 15) is 0 Å². The van der Waals surface area contributed by atoms with Crippen molar-refractivity contribution in [1.82, 2.24) is 5.32 Å². The molecule has 0 spiro atoms. The lowest BCUT2D eigenvalue weighted by molar-refractivity contribution is 0.142. The van der Waals surface area contributed by atoms with Crippen LogP contribution in [0.15, 0.2) is 24.3 Å². The van der Waals surface area contributed by atoms with Crippen LogP contribution in [0.25, 0.3) is 0 Å². The van der Waals surface area contributed by atoms with Gasteiger partial charge in [0, 0.05) is 13.1 Å². The van der Waals surface area contributed by atoms with E-state index in [1.54, 1.807) is 0 Å². The van der Waals surface area contributed by atoms with Gasteiger partial charge in [0.25, 0.3) is 0 Å². The standard InChI is InChI=1S/C13H19NO/c1-3-10(2)11-4-6-12(7-5-11)15-13-8-14-9-13/h4-7,10,13-14H,3,8-9H2,1-2H3/t10-/m1/s1. The highest BCUT2D eigenvalue weighted by atomic mass is 16.5. The fraction of sp³-hybridized carbons (Fsp3) is 0.538. The third-order valence-electron chi connectivity index (χ3n) is 3.11. The number of hydrogen-bond acceptors (Lipinski definition) is 2. The maximum absolute atomic E-state index is 5.76. The van der Waals surface area contributed by atoms with Gasteiger partial charge in [-0.05, 0) is 30.0 Å². The molecule has 0 bridgehead atoms. The first-order chi connectivity index (χ1) is 7.29. The normalized spacial score (nSPS) is 18.3. The lowest BCUT2D eigenvalue weighted by Crippen LogP contribution is -2.50. The molecule has 1 aliphatic heterocycles. The molecular formula is C13H19NO. The summed E-state index contributed by atoms with van der Waals surface area (Å²) < 4.78 is 5.76. The first-order valence-corrected chi connectivity index (χ1v) is 5.77. The zero-order valence-electron chi connectivity index (χ0n) is 9.49. The van der Waals surface area contributed by atoms with Crippen molar-refractivity contribution in [3.63, 3.8) is 0 Å². The molecule has 15 heavy (non-hydrogen) atoms. The number of nitrogens with one attached hydrogen (secondary N) is 1. The van der Waals surface area contributed by atoms with Crippen LogP contribution in [0.1, 0.15) is 31.7 Å². The van der Waals surface area contributed by atoms with E-state index in [0.717, 1.165) is 18.8 Å². The van der Waals surface area contributed by atoms with Crippen LogP contribution in [0.2, 0.25) is 0 Å². The highest BCUT2D eigenvalue weighted by Crippen LogP contribution is 2.22. The second-order valence-electron chi connectivity index (χ2n) is 4.28. The number of ether oxygens (including phenoxy) is 1. The van der Waals surface area contributed by atoms with Crippen molar-refractivity contribution in [2.45, 2.75) is 32.3 Å². The van der Waals surface area contributed by atoms with Gasteiger partial charge in [0.2, 0.25) is 0 Å². The molecule has 2 rings (SSSR count). The average molecular weight is 205 g/mol. The van der Waals surface area contributed by atoms with Gasteiger partial charge in [-0.1, -0.05) is 26.0 Å². The molecule has 1 aromatic rings. The van der Waals surface area contributed by atoms with Gasteiger partial charge >= 0.3 is 0 Å². The van der Waals surface area contributed by atoms with Gasteiger partial charge < -0.3 is 10.1 Å². The van der Waals surface area contributed by atoms with Gasteiger partial charge in [-0.25, -0.2) is 0 Å². The molecule has 1 atom stereocenters. The summed E-state index contributed by atoms with van der Waals surface area (Å²) in [4.78, 5) is 0. The van der Waals surface area contributed by atoms with E-state index >= 15 is 0 Å². The maximum atomic E-state index is 5.76. The third kappa shape index (κ3) is 2.51. The van der Waals surface area contributed by atoms with Gasteiger partial charge in [0.1, 0.15) is 11.9 Å². The highest BCUT2D eigenvalue weighted by Gasteiger charge is 2.17. The van der Waals surface area contributed by atoms with Crippen molar-refractivity contribution in [3.05, 3.63) is 29.8 Å². The van der Waals surface area contributed by atoms with Crippen molar-refractivity contribution in [3.8, 4) is 5.75 Å². The molecule has 0 aliphatic carbocycles. The fourth-order valence-electron chi connectivity index (χ4n) is 1.65. The monoisotopic (exact) mass is 205 g/mol. The first kappa shape index (κ1) is 10.5. The van der Waals surface area contributed by atoms with Crippen molar-refractivity contribution in [2.24, 2.45) is 0 Å². The zero-order chi connectivity index (χ0) is 10.7. The van der Waals surface area contributed by atoms with Gasteiger partial charge in [-0.2, -0.15) is 0 Å². The minimum atomic E-state index is 0.374. The maximum Gasteiger partial charge on any atom is 0.123 e. The van der Waals surface area contributed by atoms with Crippen LogP contribution in [0.5, 0.6) is 5.75 Å². The van der Waals surface area contributed by atoms with Crippen LogP contribution in [-0.2, 0) is 0 Å². The molecule has 0 aromatic heterocycles. The number of rotatable bonds is 4. The molecule has 1 N–H and O–H groups in total. The van der Waals surface area contributed by atoms with Gasteiger partial charge in [-0.3, -0.25) is 0 Å². The Bertz CT molecular complexity index is 303. The van der Waals surface area contributed by atoms with Crippen LogP contribution in [0.4, 0.5) is 0 Å². The summed E-state index contributed by atoms with van der Waals surface area (Å²) in [7, 11) is 0. The van der Waals surface area contributed by atoms with Gasteiger partial charge in [-0.15, -0.1) is 0 Å². The van der Waals surface area contributed by atoms with Crippen molar-refractivity contribution in [1.29, 1.82) is 0 Å². The molecule has 1 aromatic carbocycles. The highest BCUT2D eigenvalue weighted by molar-refractivity contribution is 5.29. The fourth-order valence-corrected chi connectivity index (χ4v) is 1.65. The molecule has 1 heterocycles. The minimum Gasteiger partial charge on any atom is -0.488 e. The van der Waals surface area contributed by atoms with Crippen molar-refractivity contribution >= 4 is 0 Å². The topological polar surface area (TPSA) is 21.3 Å². The molecule has 0 radical (unpaired) electrons. The zero-order valence-corrected chi connectivity index (χ0v) is 9.49. The van der Waals surface area contributed by atoms with Crippen LogP contribution in [-0.4, -0.2) is 19.2 Å². The lowest BCUT2D eigenvalue weighted by Gasteiger charge is -2.27. The summed E-state index contributed by atoms with van der Waals surface area (Å²) in [5.74, 6) is 1.64. The Morgan fingerprint density at radius 3 is 2.47 bits per heavy atom. The molecule has 1 saturated heterocycles. The molecule has 0 unspecified atom stereocenters. The molecule has 82 valence electrons. The average Bonchev–Trinajstić information content (AvgIpc) is 2.23. The Hall–Kier alpha value is -1.02. The van der Waals surface area contributed by atoms with E-state index in [4.69, 9.17) is 4.74 Å². The predicted molar refractivity (Wildman–Crippen MR) is 62.4 cm³/mol. The minimum absolute atomic E-state index is 0.374. The Morgan fingerprint density at radius 2 is 2.00 bits per heavy atom. The number of benzene rings is 1. The van der Waals surface area contributed by atoms with Crippen molar-refractivity contribution < 1.29 is 4.74 Å². The Balaban J connectivity index is 1.96. The second kappa shape index (κ2) is 4.67. The molecule has 2 heteroatoms. The van der Waals surface area contributed by atoms with Crippen LogP contribution < -0.4 is 10.1 Å². The summed E-state index contributed by atoms with van der Waals surface area (Å²) in [6.07, 6.45) is 1.56. The first-order valence-electron chi connectivity index (χ1n) is 5.77.